The van der Waals surface area contributed by atoms with Crippen LogP contribution in [-0.2, 0) is 0 Å². The maximum atomic E-state index is 12.7. The highest BCUT2D eigenvalue weighted by Gasteiger charge is 2.15. The smallest absolute Gasteiger partial charge is 0.322 e. The Morgan fingerprint density at radius 3 is 2.65 bits per heavy atom. The first kappa shape index (κ1) is 11.5. The monoisotopic (exact) mass is 236 g/mol. The summed E-state index contributed by atoms with van der Waals surface area (Å²) in [6.07, 6.45) is 1.11. The molecule has 0 saturated heterocycles. The summed E-state index contributed by atoms with van der Waals surface area (Å²) in [7, 11) is 0. The minimum Gasteiger partial charge on any atom is -0.333 e. The second-order valence-corrected chi connectivity index (χ2v) is 4.66. The minimum absolute atomic E-state index is 0.167. The number of rotatable bonds is 2. The lowest BCUT2D eigenvalue weighted by Crippen LogP contribution is -2.26. The summed E-state index contributed by atoms with van der Waals surface area (Å²) in [6, 6.07) is 3.12. The van der Waals surface area contributed by atoms with Gasteiger partial charge in [0.25, 0.3) is 0 Å². The van der Waals surface area contributed by atoms with Gasteiger partial charge in [0, 0.05) is 5.54 Å². The van der Waals surface area contributed by atoms with Crippen molar-refractivity contribution in [1.29, 1.82) is 0 Å². The Hall–Kier alpha value is -1.98. The molecule has 5 nitrogen and oxygen atoms in total. The van der Waals surface area contributed by atoms with Gasteiger partial charge < -0.3 is 9.84 Å². The van der Waals surface area contributed by atoms with Crippen LogP contribution in [0, 0.1) is 5.82 Å². The number of hydrogen-bond donors (Lipinski definition) is 1. The van der Waals surface area contributed by atoms with Gasteiger partial charge in [0.15, 0.2) is 0 Å². The first-order valence-electron chi connectivity index (χ1n) is 5.18. The lowest BCUT2D eigenvalue weighted by atomic mass is 10.1. The minimum atomic E-state index is -0.398. The van der Waals surface area contributed by atoms with E-state index in [1.165, 1.54) is 12.1 Å². The van der Waals surface area contributed by atoms with Gasteiger partial charge in [-0.25, -0.2) is 9.37 Å². The average molecular weight is 236 g/mol. The van der Waals surface area contributed by atoms with Gasteiger partial charge in [0.2, 0.25) is 5.82 Å². The van der Waals surface area contributed by atoms with Crippen molar-refractivity contribution in [3.8, 4) is 11.5 Å². The lowest BCUT2D eigenvalue weighted by molar-refractivity contribution is 0.420. The number of aromatic nitrogens is 3. The molecule has 0 aromatic carbocycles. The molecule has 0 aliphatic rings. The molecule has 17 heavy (non-hydrogen) atoms. The van der Waals surface area contributed by atoms with Gasteiger partial charge in [0.05, 0.1) is 6.20 Å². The van der Waals surface area contributed by atoms with Crippen LogP contribution in [0.25, 0.3) is 11.5 Å². The number of nitrogens with one attached hydrogen (secondary N) is 1. The molecular weight excluding hydrogens is 223 g/mol. The van der Waals surface area contributed by atoms with E-state index in [2.05, 4.69) is 20.4 Å². The van der Waals surface area contributed by atoms with Crippen molar-refractivity contribution >= 4 is 6.01 Å². The van der Waals surface area contributed by atoms with Gasteiger partial charge in [0.1, 0.15) is 11.5 Å². The molecule has 0 amide bonds. The molecular formula is C11H13FN4O. The first-order chi connectivity index (χ1) is 7.94. The third kappa shape index (κ3) is 2.99. The predicted molar refractivity (Wildman–Crippen MR) is 60.9 cm³/mol. The van der Waals surface area contributed by atoms with Crippen LogP contribution in [0.5, 0.6) is 0 Å². The molecule has 2 rings (SSSR count). The van der Waals surface area contributed by atoms with Gasteiger partial charge in [-0.3, -0.25) is 0 Å². The molecule has 0 saturated carbocycles. The van der Waals surface area contributed by atoms with Crippen LogP contribution in [0.2, 0.25) is 0 Å². The molecule has 0 unspecified atom stereocenters. The molecule has 0 bridgehead atoms. The Bertz CT molecular complexity index is 501. The van der Waals surface area contributed by atoms with Crippen LogP contribution in [0.15, 0.2) is 22.9 Å². The Balaban J connectivity index is 2.21. The fourth-order valence-electron chi connectivity index (χ4n) is 1.21. The van der Waals surface area contributed by atoms with Crippen molar-refractivity contribution in [3.05, 3.63) is 24.1 Å². The SMILES string of the molecule is CC(C)(C)Nc1nc(-c2ccc(F)cn2)no1. The Morgan fingerprint density at radius 1 is 1.29 bits per heavy atom. The fraction of sp³-hybridized carbons (Fsp3) is 0.364. The molecule has 2 aromatic rings. The Labute approximate surface area is 98.1 Å². The van der Waals surface area contributed by atoms with Crippen molar-refractivity contribution in [2.75, 3.05) is 5.32 Å². The van der Waals surface area contributed by atoms with Crippen LogP contribution >= 0.6 is 0 Å². The van der Waals surface area contributed by atoms with Crippen molar-refractivity contribution in [2.45, 2.75) is 26.3 Å². The van der Waals surface area contributed by atoms with Crippen LogP contribution in [0.4, 0.5) is 10.4 Å². The summed E-state index contributed by atoms with van der Waals surface area (Å²) in [4.78, 5) is 7.99. The van der Waals surface area contributed by atoms with Gasteiger partial charge in [-0.2, -0.15) is 4.98 Å². The van der Waals surface area contributed by atoms with E-state index in [9.17, 15) is 4.39 Å². The zero-order valence-corrected chi connectivity index (χ0v) is 9.86. The quantitative estimate of drug-likeness (QED) is 0.867. The molecule has 0 aliphatic carbocycles. The third-order valence-corrected chi connectivity index (χ3v) is 1.86. The molecule has 0 fully saturated rings. The van der Waals surface area contributed by atoms with E-state index in [0.717, 1.165) is 6.20 Å². The van der Waals surface area contributed by atoms with E-state index in [1.807, 2.05) is 20.8 Å². The molecule has 0 atom stereocenters. The van der Waals surface area contributed by atoms with Crippen molar-refractivity contribution in [3.63, 3.8) is 0 Å². The summed E-state index contributed by atoms with van der Waals surface area (Å²) in [5.41, 5.74) is 0.303. The van der Waals surface area contributed by atoms with Crippen LogP contribution in [-0.4, -0.2) is 20.7 Å². The predicted octanol–water partition coefficient (Wildman–Crippen LogP) is 2.48. The average Bonchev–Trinajstić information content (AvgIpc) is 2.64. The van der Waals surface area contributed by atoms with Gasteiger partial charge in [-0.05, 0) is 32.9 Å². The van der Waals surface area contributed by atoms with Gasteiger partial charge in [-0.15, -0.1) is 0 Å². The van der Waals surface area contributed by atoms with E-state index >= 15 is 0 Å². The highest BCUT2D eigenvalue weighted by molar-refractivity contribution is 5.49. The highest BCUT2D eigenvalue weighted by atomic mass is 19.1. The maximum Gasteiger partial charge on any atom is 0.322 e. The van der Waals surface area contributed by atoms with E-state index in [-0.39, 0.29) is 5.54 Å². The van der Waals surface area contributed by atoms with Crippen LogP contribution in [0.1, 0.15) is 20.8 Å². The molecule has 90 valence electrons. The summed E-state index contributed by atoms with van der Waals surface area (Å²) < 4.78 is 17.7. The fourth-order valence-corrected chi connectivity index (χ4v) is 1.21. The van der Waals surface area contributed by atoms with E-state index in [1.54, 1.807) is 0 Å². The number of hydrogen-bond acceptors (Lipinski definition) is 5. The van der Waals surface area contributed by atoms with Crippen LogP contribution in [0.3, 0.4) is 0 Å². The zero-order chi connectivity index (χ0) is 12.5. The molecule has 0 aliphatic heterocycles. The number of nitrogens with zero attached hydrogens (tertiary/aromatic N) is 3. The summed E-state index contributed by atoms with van der Waals surface area (Å²) in [5, 5.41) is 6.81. The molecule has 2 aromatic heterocycles. The summed E-state index contributed by atoms with van der Waals surface area (Å²) in [6.45, 7) is 5.94. The number of halogens is 1. The molecule has 2 heterocycles. The van der Waals surface area contributed by atoms with E-state index in [0.29, 0.717) is 17.5 Å². The second kappa shape index (κ2) is 4.12. The Morgan fingerprint density at radius 2 is 2.06 bits per heavy atom. The van der Waals surface area contributed by atoms with Crippen LogP contribution < -0.4 is 5.32 Å². The second-order valence-electron chi connectivity index (χ2n) is 4.66. The first-order valence-corrected chi connectivity index (χ1v) is 5.18. The summed E-state index contributed by atoms with van der Waals surface area (Å²) >= 11 is 0. The van der Waals surface area contributed by atoms with Crippen molar-refractivity contribution < 1.29 is 8.91 Å². The normalized spacial score (nSPS) is 11.5. The Kier molecular flexibility index (Phi) is 2.79. The standard InChI is InChI=1S/C11H13FN4O/c1-11(2,3)15-10-14-9(16-17-10)8-5-4-7(12)6-13-8/h4-6H,1-3H3,(H,14,15,16). The van der Waals surface area contributed by atoms with Gasteiger partial charge >= 0.3 is 6.01 Å². The summed E-state index contributed by atoms with van der Waals surface area (Å²) in [5.74, 6) is -0.0676. The maximum absolute atomic E-state index is 12.7. The largest absolute Gasteiger partial charge is 0.333 e. The highest BCUT2D eigenvalue weighted by Crippen LogP contribution is 2.17. The van der Waals surface area contributed by atoms with E-state index in [4.69, 9.17) is 4.52 Å². The molecule has 0 radical (unpaired) electrons. The molecule has 6 heteroatoms. The van der Waals surface area contributed by atoms with Crippen molar-refractivity contribution in [1.82, 2.24) is 15.1 Å². The van der Waals surface area contributed by atoms with Gasteiger partial charge in [-0.1, -0.05) is 5.16 Å². The number of anilines is 1. The number of pyridine rings is 1. The molecule has 1 N–H and O–H groups in total. The third-order valence-electron chi connectivity index (χ3n) is 1.86. The topological polar surface area (TPSA) is 63.8 Å². The van der Waals surface area contributed by atoms with E-state index < -0.39 is 5.82 Å². The van der Waals surface area contributed by atoms with Crippen molar-refractivity contribution in [2.24, 2.45) is 0 Å². The zero-order valence-electron chi connectivity index (χ0n) is 9.86. The molecule has 0 spiro atoms. The lowest BCUT2D eigenvalue weighted by Gasteiger charge is -2.17.